The Kier molecular flexibility index (Phi) is 4.48. The molecule has 1 fully saturated rings. The van der Waals surface area contributed by atoms with Gasteiger partial charge in [0, 0.05) is 16.2 Å². The number of nitrogens with zero attached hydrogens (tertiary/aromatic N) is 1. The van der Waals surface area contributed by atoms with Gasteiger partial charge in [-0.1, -0.05) is 78.3 Å². The molecule has 0 aliphatic carbocycles. The Morgan fingerprint density at radius 3 is 2.04 bits per heavy atom. The predicted octanol–water partition coefficient (Wildman–Crippen LogP) is 4.22. The lowest BCUT2D eigenvalue weighted by molar-refractivity contribution is -0.117. The van der Waals surface area contributed by atoms with Crippen molar-refractivity contribution < 1.29 is 9.59 Å². The lowest BCUT2D eigenvalue weighted by Crippen LogP contribution is -2.35. The van der Waals surface area contributed by atoms with Gasteiger partial charge in [0.05, 0.1) is 5.69 Å². The number of halogens is 1. The molecule has 27 heavy (non-hydrogen) atoms. The van der Waals surface area contributed by atoms with Gasteiger partial charge in [-0.2, -0.15) is 0 Å². The summed E-state index contributed by atoms with van der Waals surface area (Å²) in [6.07, 6.45) is 0. The number of rotatable bonds is 3. The predicted molar refractivity (Wildman–Crippen MR) is 106 cm³/mol. The van der Waals surface area contributed by atoms with Crippen LogP contribution in [0, 0.1) is 0 Å². The van der Waals surface area contributed by atoms with Crippen molar-refractivity contribution in [2.75, 3.05) is 5.01 Å². The number of carbonyl (C=O) groups is 2. The molecule has 4 rings (SSSR count). The standard InChI is InChI=1S/C22H15ClN2O2/c23-18-14-8-7-13-17(18)19(15-9-3-1-4-10-15)20-21(26)24-25(22(20)27)16-11-5-2-6-12-16/h1-14H,(H,24,26). The van der Waals surface area contributed by atoms with Crippen molar-refractivity contribution in [3.8, 4) is 0 Å². The van der Waals surface area contributed by atoms with E-state index in [1.165, 1.54) is 5.01 Å². The number of anilines is 1. The second-order valence-electron chi connectivity index (χ2n) is 6.01. The molecule has 1 heterocycles. The summed E-state index contributed by atoms with van der Waals surface area (Å²) < 4.78 is 0. The van der Waals surface area contributed by atoms with Crippen LogP contribution in [0.15, 0.2) is 90.5 Å². The van der Waals surface area contributed by atoms with Crippen molar-refractivity contribution in [2.45, 2.75) is 0 Å². The summed E-state index contributed by atoms with van der Waals surface area (Å²) in [4.78, 5) is 26.0. The molecule has 0 radical (unpaired) electrons. The first kappa shape index (κ1) is 17.1. The Hall–Kier alpha value is -3.37. The molecule has 132 valence electrons. The van der Waals surface area contributed by atoms with Crippen molar-refractivity contribution in [1.82, 2.24) is 5.43 Å². The highest BCUT2D eigenvalue weighted by molar-refractivity contribution is 6.37. The zero-order valence-electron chi connectivity index (χ0n) is 14.2. The molecule has 3 aromatic carbocycles. The van der Waals surface area contributed by atoms with E-state index in [-0.39, 0.29) is 5.57 Å². The van der Waals surface area contributed by atoms with E-state index in [1.54, 1.807) is 18.2 Å². The molecule has 1 aliphatic heterocycles. The fourth-order valence-corrected chi connectivity index (χ4v) is 3.33. The largest absolute Gasteiger partial charge is 0.283 e. The van der Waals surface area contributed by atoms with Crippen molar-refractivity contribution >= 4 is 34.7 Å². The minimum absolute atomic E-state index is 0.0677. The average molecular weight is 375 g/mol. The molecule has 1 N–H and O–H groups in total. The van der Waals surface area contributed by atoms with Gasteiger partial charge >= 0.3 is 0 Å². The van der Waals surface area contributed by atoms with E-state index in [9.17, 15) is 9.59 Å². The zero-order valence-corrected chi connectivity index (χ0v) is 15.0. The van der Waals surface area contributed by atoms with E-state index >= 15 is 0 Å². The minimum Gasteiger partial charge on any atom is -0.267 e. The molecule has 1 aliphatic rings. The Balaban J connectivity index is 1.93. The van der Waals surface area contributed by atoms with Gasteiger partial charge in [0.15, 0.2) is 0 Å². The summed E-state index contributed by atoms with van der Waals surface area (Å²) in [7, 11) is 0. The lowest BCUT2D eigenvalue weighted by Gasteiger charge is -2.15. The molecule has 0 aromatic heterocycles. The Bertz CT molecular complexity index is 1050. The van der Waals surface area contributed by atoms with E-state index in [4.69, 9.17) is 11.6 Å². The quantitative estimate of drug-likeness (QED) is 0.551. The number of hydrogen-bond acceptors (Lipinski definition) is 2. The van der Waals surface area contributed by atoms with Crippen LogP contribution in [0.2, 0.25) is 5.02 Å². The van der Waals surface area contributed by atoms with Gasteiger partial charge in [0.1, 0.15) is 5.57 Å². The van der Waals surface area contributed by atoms with E-state index in [2.05, 4.69) is 5.43 Å². The molecular formula is C22H15ClN2O2. The highest BCUT2D eigenvalue weighted by atomic mass is 35.5. The summed E-state index contributed by atoms with van der Waals surface area (Å²) in [6, 6.07) is 25.5. The fourth-order valence-electron chi connectivity index (χ4n) is 3.10. The van der Waals surface area contributed by atoms with Gasteiger partial charge in [0.25, 0.3) is 11.8 Å². The molecule has 0 bridgehead atoms. The maximum absolute atomic E-state index is 13.2. The van der Waals surface area contributed by atoms with E-state index < -0.39 is 11.8 Å². The maximum atomic E-state index is 13.2. The molecule has 0 spiro atoms. The molecule has 5 heteroatoms. The smallest absolute Gasteiger partial charge is 0.267 e. The molecule has 0 atom stereocenters. The van der Waals surface area contributed by atoms with Gasteiger partial charge in [-0.25, -0.2) is 5.01 Å². The normalized spacial score (nSPS) is 15.7. The number of benzene rings is 3. The Morgan fingerprint density at radius 1 is 0.778 bits per heavy atom. The van der Waals surface area contributed by atoms with Crippen LogP contribution in [0.4, 0.5) is 5.69 Å². The summed E-state index contributed by atoms with van der Waals surface area (Å²) >= 11 is 6.41. The molecule has 0 unspecified atom stereocenters. The van der Waals surface area contributed by atoms with E-state index in [1.807, 2.05) is 66.7 Å². The van der Waals surface area contributed by atoms with Crippen molar-refractivity contribution in [3.63, 3.8) is 0 Å². The van der Waals surface area contributed by atoms with Crippen LogP contribution in [-0.2, 0) is 9.59 Å². The summed E-state index contributed by atoms with van der Waals surface area (Å²) in [5, 5.41) is 1.74. The number of nitrogens with one attached hydrogen (secondary N) is 1. The van der Waals surface area contributed by atoms with Crippen molar-refractivity contribution in [2.24, 2.45) is 0 Å². The molecule has 2 amide bonds. The minimum atomic E-state index is -0.456. The average Bonchev–Trinajstić information content (AvgIpc) is 3.00. The molecule has 0 saturated carbocycles. The first-order valence-corrected chi connectivity index (χ1v) is 8.79. The van der Waals surface area contributed by atoms with Crippen LogP contribution >= 0.6 is 11.6 Å². The number of carbonyl (C=O) groups excluding carboxylic acids is 2. The zero-order chi connectivity index (χ0) is 18.8. The van der Waals surface area contributed by atoms with Gasteiger partial charge in [-0.3, -0.25) is 15.0 Å². The number of para-hydroxylation sites is 1. The summed E-state index contributed by atoms with van der Waals surface area (Å²) in [6.45, 7) is 0. The second-order valence-corrected chi connectivity index (χ2v) is 6.42. The first-order chi connectivity index (χ1) is 13.2. The van der Waals surface area contributed by atoms with Gasteiger partial charge in [0.2, 0.25) is 0 Å². The van der Waals surface area contributed by atoms with Crippen molar-refractivity contribution in [3.05, 3.63) is 107 Å². The summed E-state index contributed by atoms with van der Waals surface area (Å²) in [5.74, 6) is -0.868. The monoisotopic (exact) mass is 374 g/mol. The molecule has 1 saturated heterocycles. The maximum Gasteiger partial charge on any atom is 0.283 e. The first-order valence-electron chi connectivity index (χ1n) is 8.42. The highest BCUT2D eigenvalue weighted by Crippen LogP contribution is 2.34. The molecular weight excluding hydrogens is 360 g/mol. The van der Waals surface area contributed by atoms with Crippen LogP contribution in [0.5, 0.6) is 0 Å². The van der Waals surface area contributed by atoms with Gasteiger partial charge < -0.3 is 0 Å². The van der Waals surface area contributed by atoms with E-state index in [0.717, 1.165) is 5.56 Å². The number of hydrogen-bond donors (Lipinski definition) is 1. The second kappa shape index (κ2) is 7.09. The molecule has 3 aromatic rings. The summed E-state index contributed by atoms with van der Waals surface area (Å²) in [5.41, 5.74) is 5.22. The van der Waals surface area contributed by atoms with E-state index in [0.29, 0.717) is 21.8 Å². The van der Waals surface area contributed by atoms with Crippen LogP contribution in [0.25, 0.3) is 5.57 Å². The third-order valence-corrected chi connectivity index (χ3v) is 4.66. The molecule has 4 nitrogen and oxygen atoms in total. The Morgan fingerprint density at radius 2 is 1.37 bits per heavy atom. The third kappa shape index (κ3) is 3.11. The fraction of sp³-hybridized carbons (Fsp3) is 0. The van der Waals surface area contributed by atoms with Crippen LogP contribution in [0.1, 0.15) is 11.1 Å². The Labute approximate surface area is 161 Å². The van der Waals surface area contributed by atoms with Gasteiger partial charge in [-0.15, -0.1) is 0 Å². The number of hydrazine groups is 1. The van der Waals surface area contributed by atoms with Crippen LogP contribution in [-0.4, -0.2) is 11.8 Å². The number of amides is 2. The van der Waals surface area contributed by atoms with Gasteiger partial charge in [-0.05, 0) is 23.8 Å². The van der Waals surface area contributed by atoms with Crippen molar-refractivity contribution in [1.29, 1.82) is 0 Å². The van der Waals surface area contributed by atoms with Crippen LogP contribution < -0.4 is 10.4 Å². The lowest BCUT2D eigenvalue weighted by atomic mass is 9.92. The SMILES string of the molecule is O=C1NN(c2ccccc2)C(=O)C1=C(c1ccccc1)c1ccccc1Cl. The third-order valence-electron chi connectivity index (χ3n) is 4.33. The highest BCUT2D eigenvalue weighted by Gasteiger charge is 2.38. The topological polar surface area (TPSA) is 49.4 Å². The van der Waals surface area contributed by atoms with Crippen LogP contribution in [0.3, 0.4) is 0 Å².